The Morgan fingerprint density at radius 1 is 0.923 bits per heavy atom. The molecule has 0 spiro atoms. The lowest BCUT2D eigenvalue weighted by atomic mass is 10.1. The first-order valence-corrected chi connectivity index (χ1v) is 8.54. The highest BCUT2D eigenvalue weighted by molar-refractivity contribution is 7.11. The molecule has 2 amide bonds. The lowest BCUT2D eigenvalue weighted by Gasteiger charge is -2.06. The number of nitrogens with zero attached hydrogens (tertiary/aromatic N) is 1. The van der Waals surface area contributed by atoms with Gasteiger partial charge in [0.15, 0.2) is 0 Å². The molecule has 3 rings (SSSR count). The molecular weight excluding hydrogens is 353 g/mol. The summed E-state index contributed by atoms with van der Waals surface area (Å²) >= 11 is 1.52. The Morgan fingerprint density at radius 2 is 1.58 bits per heavy atom. The van der Waals surface area contributed by atoms with Gasteiger partial charge in [-0.15, -0.1) is 11.3 Å². The van der Waals surface area contributed by atoms with Crippen LogP contribution in [0.15, 0.2) is 71.1 Å². The van der Waals surface area contributed by atoms with Crippen molar-refractivity contribution >= 4 is 35.1 Å². The number of carbonyl (C=O) groups excluding carboxylic acids is 2. The fourth-order valence-electron chi connectivity index (χ4n) is 2.09. The minimum atomic E-state index is -0.404. The zero-order valence-corrected chi connectivity index (χ0v) is 14.3. The molecule has 7 heteroatoms. The normalized spacial score (nSPS) is 10.7. The van der Waals surface area contributed by atoms with E-state index in [1.165, 1.54) is 35.6 Å². The average molecular weight is 367 g/mol. The Balaban J connectivity index is 1.58. The van der Waals surface area contributed by atoms with Crippen LogP contribution < -0.4 is 10.7 Å². The maximum Gasteiger partial charge on any atom is 0.271 e. The van der Waals surface area contributed by atoms with Crippen molar-refractivity contribution in [3.63, 3.8) is 0 Å². The predicted molar refractivity (Wildman–Crippen MR) is 100 cm³/mol. The first-order valence-electron chi connectivity index (χ1n) is 7.66. The number of benzene rings is 2. The molecule has 0 aliphatic heterocycles. The van der Waals surface area contributed by atoms with Crippen molar-refractivity contribution in [1.29, 1.82) is 0 Å². The highest BCUT2D eigenvalue weighted by Gasteiger charge is 2.08. The Labute approximate surface area is 153 Å². The van der Waals surface area contributed by atoms with Crippen LogP contribution in [0.25, 0.3) is 0 Å². The summed E-state index contributed by atoms with van der Waals surface area (Å²) in [5, 5.41) is 8.50. The summed E-state index contributed by atoms with van der Waals surface area (Å²) in [6, 6.07) is 15.4. The van der Waals surface area contributed by atoms with Gasteiger partial charge in [-0.2, -0.15) is 5.10 Å². The van der Waals surface area contributed by atoms with E-state index in [1.54, 1.807) is 30.5 Å². The van der Waals surface area contributed by atoms with Gasteiger partial charge in [0.2, 0.25) is 0 Å². The second-order valence-electron chi connectivity index (χ2n) is 5.25. The van der Waals surface area contributed by atoms with Crippen molar-refractivity contribution in [1.82, 2.24) is 5.43 Å². The number of carbonyl (C=O) groups is 2. The molecule has 130 valence electrons. The lowest BCUT2D eigenvalue weighted by Crippen LogP contribution is -2.17. The summed E-state index contributed by atoms with van der Waals surface area (Å²) in [6.45, 7) is 0. The quantitative estimate of drug-likeness (QED) is 0.530. The van der Waals surface area contributed by atoms with Gasteiger partial charge in [0.1, 0.15) is 5.82 Å². The fraction of sp³-hybridized carbons (Fsp3) is 0. The van der Waals surface area contributed by atoms with Gasteiger partial charge in [0.05, 0.1) is 6.21 Å². The molecule has 0 aliphatic rings. The summed E-state index contributed by atoms with van der Waals surface area (Å²) in [7, 11) is 0. The molecule has 0 atom stereocenters. The monoisotopic (exact) mass is 367 g/mol. The van der Waals surface area contributed by atoms with Gasteiger partial charge in [-0.3, -0.25) is 9.59 Å². The summed E-state index contributed by atoms with van der Waals surface area (Å²) in [5.74, 6) is -1.12. The molecule has 0 radical (unpaired) electrons. The Kier molecular flexibility index (Phi) is 5.50. The van der Waals surface area contributed by atoms with Crippen molar-refractivity contribution in [3.05, 3.63) is 87.9 Å². The lowest BCUT2D eigenvalue weighted by molar-refractivity contribution is 0.0954. The van der Waals surface area contributed by atoms with Gasteiger partial charge in [0.25, 0.3) is 11.8 Å². The third-order valence-corrected chi connectivity index (χ3v) is 4.22. The fourth-order valence-corrected chi connectivity index (χ4v) is 2.68. The number of hydrogen-bond donors (Lipinski definition) is 2. The van der Waals surface area contributed by atoms with E-state index >= 15 is 0 Å². The molecule has 0 saturated heterocycles. The minimum absolute atomic E-state index is 0.344. The van der Waals surface area contributed by atoms with Gasteiger partial charge < -0.3 is 5.32 Å². The molecule has 5 nitrogen and oxygen atoms in total. The van der Waals surface area contributed by atoms with Gasteiger partial charge >= 0.3 is 0 Å². The van der Waals surface area contributed by atoms with Crippen molar-refractivity contribution in [2.24, 2.45) is 5.10 Å². The summed E-state index contributed by atoms with van der Waals surface area (Å²) in [5.41, 5.74) is 3.72. The number of thiophene rings is 1. The van der Waals surface area contributed by atoms with E-state index in [1.807, 2.05) is 17.5 Å². The van der Waals surface area contributed by atoms with Gasteiger partial charge in [-0.05, 0) is 60.0 Å². The average Bonchev–Trinajstić information content (AvgIpc) is 3.16. The largest absolute Gasteiger partial charge is 0.322 e. The Hall–Kier alpha value is -3.32. The third kappa shape index (κ3) is 4.61. The number of nitrogens with one attached hydrogen (secondary N) is 2. The topological polar surface area (TPSA) is 70.6 Å². The predicted octanol–water partition coefficient (Wildman–Crippen LogP) is 3.90. The molecule has 0 aliphatic carbocycles. The van der Waals surface area contributed by atoms with Crippen molar-refractivity contribution in [2.45, 2.75) is 0 Å². The van der Waals surface area contributed by atoms with Crippen molar-refractivity contribution in [3.8, 4) is 0 Å². The van der Waals surface area contributed by atoms with Crippen LogP contribution in [0, 0.1) is 5.82 Å². The SMILES string of the molecule is O=C(NN=Cc1cccs1)c1ccc(NC(=O)c2ccc(F)cc2)cc1. The van der Waals surface area contributed by atoms with Crippen molar-refractivity contribution < 1.29 is 14.0 Å². The number of hydrazone groups is 1. The number of anilines is 1. The van der Waals surface area contributed by atoms with Crippen LogP contribution in [0.5, 0.6) is 0 Å². The molecule has 1 aromatic heterocycles. The van der Waals surface area contributed by atoms with Crippen LogP contribution in [0.2, 0.25) is 0 Å². The highest BCUT2D eigenvalue weighted by Crippen LogP contribution is 2.12. The molecule has 2 N–H and O–H groups in total. The molecule has 0 bridgehead atoms. The van der Waals surface area contributed by atoms with E-state index in [2.05, 4.69) is 15.8 Å². The van der Waals surface area contributed by atoms with E-state index < -0.39 is 5.82 Å². The van der Waals surface area contributed by atoms with Gasteiger partial charge in [-0.1, -0.05) is 6.07 Å². The number of hydrogen-bond acceptors (Lipinski definition) is 4. The summed E-state index contributed by atoms with van der Waals surface area (Å²) in [4.78, 5) is 25.0. The molecule has 0 fully saturated rings. The van der Waals surface area contributed by atoms with Crippen LogP contribution in [0.1, 0.15) is 25.6 Å². The highest BCUT2D eigenvalue weighted by atomic mass is 32.1. The second kappa shape index (κ2) is 8.17. The Morgan fingerprint density at radius 3 is 2.23 bits per heavy atom. The smallest absolute Gasteiger partial charge is 0.271 e. The van der Waals surface area contributed by atoms with Gasteiger partial charge in [0, 0.05) is 21.7 Å². The molecule has 26 heavy (non-hydrogen) atoms. The summed E-state index contributed by atoms with van der Waals surface area (Å²) < 4.78 is 12.9. The van der Waals surface area contributed by atoms with E-state index in [4.69, 9.17) is 0 Å². The first kappa shape index (κ1) is 17.5. The second-order valence-corrected chi connectivity index (χ2v) is 6.23. The zero-order chi connectivity index (χ0) is 18.4. The standard InChI is InChI=1S/C19H14FN3O2S/c20-15-7-3-13(4-8-15)18(24)22-16-9-5-14(6-10-16)19(25)23-21-12-17-2-1-11-26-17/h1-12H,(H,22,24)(H,23,25). The van der Waals surface area contributed by atoms with Gasteiger partial charge in [-0.25, -0.2) is 9.82 Å². The van der Waals surface area contributed by atoms with E-state index in [9.17, 15) is 14.0 Å². The van der Waals surface area contributed by atoms with Crippen LogP contribution in [-0.2, 0) is 0 Å². The van der Waals surface area contributed by atoms with Crippen LogP contribution in [0.4, 0.5) is 10.1 Å². The minimum Gasteiger partial charge on any atom is -0.322 e. The van der Waals surface area contributed by atoms with E-state index in [0.29, 0.717) is 16.8 Å². The Bertz CT molecular complexity index is 920. The zero-order valence-electron chi connectivity index (χ0n) is 13.5. The van der Waals surface area contributed by atoms with Crippen LogP contribution in [0.3, 0.4) is 0 Å². The maximum absolute atomic E-state index is 12.9. The molecule has 1 heterocycles. The first-order chi connectivity index (χ1) is 12.6. The number of halogens is 1. The van der Waals surface area contributed by atoms with Crippen LogP contribution >= 0.6 is 11.3 Å². The maximum atomic E-state index is 12.9. The molecule has 0 saturated carbocycles. The molecular formula is C19H14FN3O2S. The third-order valence-electron chi connectivity index (χ3n) is 3.41. The molecule has 2 aromatic carbocycles. The number of rotatable bonds is 5. The van der Waals surface area contributed by atoms with Crippen LogP contribution in [-0.4, -0.2) is 18.0 Å². The molecule has 0 unspecified atom stereocenters. The van der Waals surface area contributed by atoms with E-state index in [0.717, 1.165) is 4.88 Å². The summed E-state index contributed by atoms with van der Waals surface area (Å²) in [6.07, 6.45) is 1.57. The molecule has 3 aromatic rings. The number of amides is 2. The van der Waals surface area contributed by atoms with Crippen molar-refractivity contribution in [2.75, 3.05) is 5.32 Å². The van der Waals surface area contributed by atoms with E-state index in [-0.39, 0.29) is 11.8 Å².